The Morgan fingerprint density at radius 1 is 0.833 bits per heavy atom. The van der Waals surface area contributed by atoms with Gasteiger partial charge in [-0.25, -0.2) is 0 Å². The molecule has 0 unspecified atom stereocenters. The predicted molar refractivity (Wildman–Crippen MR) is 174 cm³/mol. The molecule has 2 aromatic rings. The largest absolute Gasteiger partial charge is 0.335 e. The summed E-state index contributed by atoms with van der Waals surface area (Å²) in [7, 11) is -4.01. The van der Waals surface area contributed by atoms with Gasteiger partial charge in [-0.3, -0.25) is 23.9 Å². The van der Waals surface area contributed by atoms with Crippen molar-refractivity contribution in [2.24, 2.45) is 0 Å². The average molecular weight is 628 g/mol. The van der Waals surface area contributed by atoms with Crippen molar-refractivity contribution in [2.45, 2.75) is 57.3 Å². The quantitative estimate of drug-likeness (QED) is 0.0909. The number of carbonyl (C=O) groups is 2. The summed E-state index contributed by atoms with van der Waals surface area (Å²) in [5.41, 5.74) is 1.16. The number of allylic oxidation sites excluding steroid dienone is 4. The summed E-state index contributed by atoms with van der Waals surface area (Å²) >= 11 is 7.14. The van der Waals surface area contributed by atoms with Crippen LogP contribution in [0, 0.1) is 0 Å². The number of anilines is 1. The van der Waals surface area contributed by atoms with Crippen molar-refractivity contribution < 1.29 is 22.6 Å². The molecule has 0 spiro atoms. The fourth-order valence-corrected chi connectivity index (χ4v) is 6.97. The molecule has 2 heterocycles. The van der Waals surface area contributed by atoms with Gasteiger partial charge in [-0.2, -0.15) is 8.42 Å². The summed E-state index contributed by atoms with van der Waals surface area (Å²) in [5.74, 6) is -1.00. The summed E-state index contributed by atoms with van der Waals surface area (Å²) in [5, 5.41) is 3.43. The van der Waals surface area contributed by atoms with E-state index >= 15 is 0 Å². The number of rotatable bonds is 13. The minimum atomic E-state index is -4.01. The van der Waals surface area contributed by atoms with Crippen molar-refractivity contribution >= 4 is 67.5 Å². The first-order valence-electron chi connectivity index (χ1n) is 14.3. The molecule has 0 atom stereocenters. The van der Waals surface area contributed by atoms with Gasteiger partial charge in [-0.15, -0.1) is 0 Å². The second-order valence-electron chi connectivity index (χ2n) is 10.3. The van der Waals surface area contributed by atoms with Gasteiger partial charge in [0.05, 0.1) is 16.5 Å². The molecule has 1 saturated heterocycles. The Morgan fingerprint density at radius 3 is 2.10 bits per heavy atom. The van der Waals surface area contributed by atoms with Crippen LogP contribution in [0.3, 0.4) is 0 Å². The molecule has 1 fully saturated rings. The highest BCUT2D eigenvalue weighted by Gasteiger charge is 2.38. The van der Waals surface area contributed by atoms with Crippen LogP contribution in [-0.4, -0.2) is 65.1 Å². The minimum Gasteiger partial charge on any atom is -0.335 e. The molecule has 0 aliphatic carbocycles. The van der Waals surface area contributed by atoms with Crippen LogP contribution >= 0.6 is 24.0 Å². The Bertz CT molecular complexity index is 1520. The number of thiocarbonyl (C=S) groups is 1. The third-order valence-electron chi connectivity index (χ3n) is 7.14. The number of thioether (sulfide) groups is 1. The van der Waals surface area contributed by atoms with E-state index in [0.29, 0.717) is 32.5 Å². The monoisotopic (exact) mass is 627 g/mol. The van der Waals surface area contributed by atoms with Gasteiger partial charge in [0.1, 0.15) is 5.57 Å². The first kappa shape index (κ1) is 31.9. The Morgan fingerprint density at radius 2 is 1.45 bits per heavy atom. The molecule has 0 bridgehead atoms. The second-order valence-corrected chi connectivity index (χ2v) is 13.3. The van der Waals surface area contributed by atoms with E-state index in [-0.39, 0.29) is 28.3 Å². The van der Waals surface area contributed by atoms with E-state index < -0.39 is 10.1 Å². The van der Waals surface area contributed by atoms with Crippen molar-refractivity contribution in [3.63, 3.8) is 0 Å². The maximum atomic E-state index is 13.3. The zero-order chi connectivity index (χ0) is 30.3. The maximum absolute atomic E-state index is 13.3. The number of hydrogen-bond donors (Lipinski definition) is 1. The number of fused-ring (bicyclic) bond motifs is 3. The molecule has 2 aromatic carbocycles. The summed E-state index contributed by atoms with van der Waals surface area (Å²) in [6.45, 7) is 5.61. The number of unbranched alkanes of at least 4 members (excludes halogenated alkanes) is 3. The standard InChI is InChI=1S/C31H37N3O5S3/c1-3-5-19-33-29(35)25(30(36)34(31(33)40)20-6-4-2)15-9-10-16-27-32(21-11-12-22-42(37,38)39)28-24-14-8-7-13-23(24)17-18-26(28)41-27/h7-10,13-18H,3-6,11-12,19-22H2,1-2H3,(H,37,38,39)/b10-9+,27-16+. The number of carbonyl (C=O) groups excluding carboxylic acids is 2. The zero-order valence-electron chi connectivity index (χ0n) is 24.0. The third kappa shape index (κ3) is 7.50. The van der Waals surface area contributed by atoms with Gasteiger partial charge in [-0.05, 0) is 61.5 Å². The van der Waals surface area contributed by atoms with Crippen LogP contribution in [0.5, 0.6) is 0 Å². The Hall–Kier alpha value is -2.99. The number of hydrogen-bond acceptors (Lipinski definition) is 7. The van der Waals surface area contributed by atoms with E-state index in [1.54, 1.807) is 23.9 Å². The average Bonchev–Trinajstić information content (AvgIpc) is 3.32. The summed E-state index contributed by atoms with van der Waals surface area (Å²) < 4.78 is 31.6. The molecule has 2 aliphatic heterocycles. The SMILES string of the molecule is CCCCN1C(=O)C(=C/C=C/C=C2/Sc3ccc4ccccc4c3N2CCCCS(=O)(=O)O)C(=O)N(CCCC)C1=S. The topological polar surface area (TPSA) is 98.2 Å². The molecule has 1 N–H and O–H groups in total. The normalized spacial score (nSPS) is 16.9. The lowest BCUT2D eigenvalue weighted by Gasteiger charge is -2.36. The molecule has 2 amide bonds. The summed E-state index contributed by atoms with van der Waals surface area (Å²) in [4.78, 5) is 32.9. The van der Waals surface area contributed by atoms with Gasteiger partial charge >= 0.3 is 0 Å². The maximum Gasteiger partial charge on any atom is 0.265 e. The number of amides is 2. The number of nitrogens with zero attached hydrogens (tertiary/aromatic N) is 3. The van der Waals surface area contributed by atoms with Gasteiger partial charge in [0, 0.05) is 29.9 Å². The Balaban J connectivity index is 1.60. The van der Waals surface area contributed by atoms with Crippen molar-refractivity contribution in [1.29, 1.82) is 0 Å². The molecule has 224 valence electrons. The van der Waals surface area contributed by atoms with Gasteiger partial charge in [0.15, 0.2) is 5.11 Å². The van der Waals surface area contributed by atoms with Crippen molar-refractivity contribution in [2.75, 3.05) is 30.3 Å². The lowest BCUT2D eigenvalue weighted by molar-refractivity contribution is -0.133. The van der Waals surface area contributed by atoms with Crippen LogP contribution in [-0.2, 0) is 19.7 Å². The zero-order valence-corrected chi connectivity index (χ0v) is 26.4. The van der Waals surface area contributed by atoms with Gasteiger partial charge in [0.25, 0.3) is 21.9 Å². The van der Waals surface area contributed by atoms with E-state index in [4.69, 9.17) is 16.8 Å². The van der Waals surface area contributed by atoms with Gasteiger partial charge < -0.3 is 4.90 Å². The molecule has 2 aliphatic rings. The minimum absolute atomic E-state index is 0.0980. The Labute approximate surface area is 257 Å². The molecular weight excluding hydrogens is 591 g/mol. The lowest BCUT2D eigenvalue weighted by Crippen LogP contribution is -2.56. The van der Waals surface area contributed by atoms with Crippen molar-refractivity contribution in [3.05, 3.63) is 71.3 Å². The van der Waals surface area contributed by atoms with Gasteiger partial charge in [-0.1, -0.05) is 80.9 Å². The van der Waals surface area contributed by atoms with Crippen molar-refractivity contribution in [3.8, 4) is 0 Å². The summed E-state index contributed by atoms with van der Waals surface area (Å²) in [6, 6.07) is 12.3. The van der Waals surface area contributed by atoms with E-state index in [9.17, 15) is 18.0 Å². The highest BCUT2D eigenvalue weighted by molar-refractivity contribution is 8.03. The molecular formula is C31H37N3O5S3. The molecule has 0 radical (unpaired) electrons. The van der Waals surface area contributed by atoms with E-state index in [0.717, 1.165) is 52.1 Å². The molecule has 0 saturated carbocycles. The first-order valence-corrected chi connectivity index (χ1v) is 17.2. The fraction of sp³-hybridized carbons (Fsp3) is 0.387. The molecule has 4 rings (SSSR count). The van der Waals surface area contributed by atoms with Crippen LogP contribution in [0.2, 0.25) is 0 Å². The van der Waals surface area contributed by atoms with Crippen LogP contribution in [0.25, 0.3) is 10.8 Å². The molecule has 11 heteroatoms. The highest BCUT2D eigenvalue weighted by atomic mass is 32.2. The fourth-order valence-electron chi connectivity index (χ4n) is 4.93. The highest BCUT2D eigenvalue weighted by Crippen LogP contribution is 2.49. The molecule has 42 heavy (non-hydrogen) atoms. The van der Waals surface area contributed by atoms with E-state index in [2.05, 4.69) is 29.2 Å². The Kier molecular flexibility index (Phi) is 11.0. The summed E-state index contributed by atoms with van der Waals surface area (Å²) in [6.07, 6.45) is 11.3. The van der Waals surface area contributed by atoms with Crippen LogP contribution in [0.15, 0.2) is 76.2 Å². The van der Waals surface area contributed by atoms with Crippen LogP contribution in [0.4, 0.5) is 5.69 Å². The predicted octanol–water partition coefficient (Wildman–Crippen LogP) is 6.30. The van der Waals surface area contributed by atoms with Crippen LogP contribution < -0.4 is 4.90 Å². The number of benzene rings is 2. The van der Waals surface area contributed by atoms with Crippen LogP contribution in [0.1, 0.15) is 52.4 Å². The molecule has 0 aromatic heterocycles. The van der Waals surface area contributed by atoms with Gasteiger partial charge in [0.2, 0.25) is 0 Å². The molecule has 8 nitrogen and oxygen atoms in total. The van der Waals surface area contributed by atoms with Crippen molar-refractivity contribution in [1.82, 2.24) is 9.80 Å². The second kappa shape index (κ2) is 14.5. The van der Waals surface area contributed by atoms with E-state index in [1.807, 2.05) is 38.1 Å². The third-order valence-corrected chi connectivity index (χ3v) is 9.50. The smallest absolute Gasteiger partial charge is 0.265 e. The van der Waals surface area contributed by atoms with E-state index in [1.165, 1.54) is 9.80 Å². The lowest BCUT2D eigenvalue weighted by atomic mass is 10.1. The first-order chi connectivity index (χ1) is 20.2.